The highest BCUT2D eigenvalue weighted by Crippen LogP contribution is 2.13. The van der Waals surface area contributed by atoms with E-state index in [1.54, 1.807) is 6.08 Å². The van der Waals surface area contributed by atoms with Gasteiger partial charge in [-0.25, -0.2) is 0 Å². The summed E-state index contributed by atoms with van der Waals surface area (Å²) in [6.45, 7) is 11.8. The van der Waals surface area contributed by atoms with Crippen molar-refractivity contribution < 1.29 is 4.79 Å². The van der Waals surface area contributed by atoms with E-state index in [0.29, 0.717) is 0 Å². The Balaban J connectivity index is 2.99. The van der Waals surface area contributed by atoms with Crippen LogP contribution in [0, 0.1) is 6.92 Å². The molecule has 1 atom stereocenters. The fourth-order valence-electron chi connectivity index (χ4n) is 1.85. The van der Waals surface area contributed by atoms with Gasteiger partial charge in [-0.3, -0.25) is 4.79 Å². The Morgan fingerprint density at radius 1 is 1.24 bits per heavy atom. The van der Waals surface area contributed by atoms with Crippen molar-refractivity contribution in [2.45, 2.75) is 39.8 Å². The highest BCUT2D eigenvalue weighted by atomic mass is 16.2. The van der Waals surface area contributed by atoms with Crippen LogP contribution in [0.15, 0.2) is 36.9 Å². The van der Waals surface area contributed by atoms with E-state index in [1.807, 2.05) is 56.9 Å². The first-order valence-electron chi connectivity index (χ1n) is 5.99. The number of amides is 1. The average molecular weight is 231 g/mol. The molecule has 2 nitrogen and oxygen atoms in total. The number of nitrogens with zero attached hydrogens (tertiary/aromatic N) is 1. The summed E-state index contributed by atoms with van der Waals surface area (Å²) in [4.78, 5) is 14.2. The SMILES string of the molecule is C=CC(C)N(C(=O)c1ccc(C)cc1)C(C)C. The molecular weight excluding hydrogens is 210 g/mol. The largest absolute Gasteiger partial charge is 0.330 e. The zero-order chi connectivity index (χ0) is 13.0. The van der Waals surface area contributed by atoms with E-state index >= 15 is 0 Å². The van der Waals surface area contributed by atoms with Gasteiger partial charge in [0.05, 0.1) is 0 Å². The summed E-state index contributed by atoms with van der Waals surface area (Å²) in [5.74, 6) is 0.0624. The smallest absolute Gasteiger partial charge is 0.254 e. The first-order chi connectivity index (χ1) is 7.97. The third-order valence-corrected chi connectivity index (χ3v) is 2.87. The predicted molar refractivity (Wildman–Crippen MR) is 72.1 cm³/mol. The summed E-state index contributed by atoms with van der Waals surface area (Å²) in [6.07, 6.45) is 1.80. The molecule has 0 radical (unpaired) electrons. The van der Waals surface area contributed by atoms with Crippen LogP contribution < -0.4 is 0 Å². The van der Waals surface area contributed by atoms with Crippen molar-refractivity contribution in [2.75, 3.05) is 0 Å². The summed E-state index contributed by atoms with van der Waals surface area (Å²) >= 11 is 0. The topological polar surface area (TPSA) is 20.3 Å². The molecule has 0 spiro atoms. The van der Waals surface area contributed by atoms with Gasteiger partial charge in [0, 0.05) is 17.6 Å². The molecule has 2 heteroatoms. The quantitative estimate of drug-likeness (QED) is 0.727. The van der Waals surface area contributed by atoms with Gasteiger partial charge in [-0.05, 0) is 39.8 Å². The normalized spacial score (nSPS) is 12.3. The van der Waals surface area contributed by atoms with Gasteiger partial charge in [-0.2, -0.15) is 0 Å². The molecule has 0 N–H and O–H groups in total. The maximum atomic E-state index is 12.4. The molecule has 0 aromatic heterocycles. The summed E-state index contributed by atoms with van der Waals surface area (Å²) in [5, 5.41) is 0. The van der Waals surface area contributed by atoms with E-state index in [-0.39, 0.29) is 18.0 Å². The Kier molecular flexibility index (Phi) is 4.50. The van der Waals surface area contributed by atoms with Crippen molar-refractivity contribution in [1.29, 1.82) is 0 Å². The van der Waals surface area contributed by atoms with Gasteiger partial charge < -0.3 is 4.90 Å². The maximum Gasteiger partial charge on any atom is 0.254 e. The molecule has 1 unspecified atom stereocenters. The highest BCUT2D eigenvalue weighted by molar-refractivity contribution is 5.94. The number of aryl methyl sites for hydroxylation is 1. The Morgan fingerprint density at radius 2 is 1.76 bits per heavy atom. The van der Waals surface area contributed by atoms with E-state index in [1.165, 1.54) is 0 Å². The van der Waals surface area contributed by atoms with Crippen LogP contribution in [0.25, 0.3) is 0 Å². The number of carbonyl (C=O) groups excluding carboxylic acids is 1. The van der Waals surface area contributed by atoms with Gasteiger partial charge in [0.2, 0.25) is 0 Å². The van der Waals surface area contributed by atoms with Crippen LogP contribution >= 0.6 is 0 Å². The van der Waals surface area contributed by atoms with Crippen molar-refractivity contribution in [3.05, 3.63) is 48.0 Å². The van der Waals surface area contributed by atoms with Crippen LogP contribution in [0.1, 0.15) is 36.7 Å². The molecule has 1 aromatic rings. The van der Waals surface area contributed by atoms with E-state index in [2.05, 4.69) is 6.58 Å². The molecule has 0 aliphatic heterocycles. The number of hydrogen-bond donors (Lipinski definition) is 0. The van der Waals surface area contributed by atoms with Crippen molar-refractivity contribution in [1.82, 2.24) is 4.90 Å². The lowest BCUT2D eigenvalue weighted by atomic mass is 10.1. The van der Waals surface area contributed by atoms with E-state index in [4.69, 9.17) is 0 Å². The minimum absolute atomic E-state index is 0.0452. The van der Waals surface area contributed by atoms with Crippen LogP contribution in [0.5, 0.6) is 0 Å². The van der Waals surface area contributed by atoms with Gasteiger partial charge in [-0.15, -0.1) is 6.58 Å². The zero-order valence-electron chi connectivity index (χ0n) is 11.1. The number of hydrogen-bond acceptors (Lipinski definition) is 1. The number of rotatable bonds is 4. The van der Waals surface area contributed by atoms with Crippen LogP contribution in [0.2, 0.25) is 0 Å². The third kappa shape index (κ3) is 3.19. The van der Waals surface area contributed by atoms with Crippen molar-refractivity contribution in [3.63, 3.8) is 0 Å². The molecular formula is C15H21NO. The summed E-state index contributed by atoms with van der Waals surface area (Å²) in [6, 6.07) is 7.89. The van der Waals surface area contributed by atoms with Gasteiger partial charge in [0.25, 0.3) is 5.91 Å². The fourth-order valence-corrected chi connectivity index (χ4v) is 1.85. The molecule has 0 fully saturated rings. The lowest BCUT2D eigenvalue weighted by molar-refractivity contribution is 0.0667. The minimum Gasteiger partial charge on any atom is -0.330 e. The molecule has 0 aliphatic carbocycles. The first kappa shape index (κ1) is 13.5. The molecule has 0 saturated carbocycles. The average Bonchev–Trinajstić information content (AvgIpc) is 2.29. The second-order valence-corrected chi connectivity index (χ2v) is 4.65. The lowest BCUT2D eigenvalue weighted by Crippen LogP contribution is -2.42. The van der Waals surface area contributed by atoms with Crippen LogP contribution in [-0.2, 0) is 0 Å². The maximum absolute atomic E-state index is 12.4. The number of benzene rings is 1. The third-order valence-electron chi connectivity index (χ3n) is 2.87. The van der Waals surface area contributed by atoms with Crippen molar-refractivity contribution in [3.8, 4) is 0 Å². The summed E-state index contributed by atoms with van der Waals surface area (Å²) < 4.78 is 0. The monoisotopic (exact) mass is 231 g/mol. The molecule has 17 heavy (non-hydrogen) atoms. The molecule has 0 aliphatic rings. The van der Waals surface area contributed by atoms with E-state index < -0.39 is 0 Å². The van der Waals surface area contributed by atoms with Crippen LogP contribution in [0.3, 0.4) is 0 Å². The van der Waals surface area contributed by atoms with Gasteiger partial charge >= 0.3 is 0 Å². The van der Waals surface area contributed by atoms with Gasteiger partial charge in [0.15, 0.2) is 0 Å². The zero-order valence-corrected chi connectivity index (χ0v) is 11.1. The van der Waals surface area contributed by atoms with E-state index in [0.717, 1.165) is 11.1 Å². The van der Waals surface area contributed by atoms with Crippen LogP contribution in [0.4, 0.5) is 0 Å². The molecule has 92 valence electrons. The van der Waals surface area contributed by atoms with Crippen LogP contribution in [-0.4, -0.2) is 22.9 Å². The Bertz CT molecular complexity index is 392. The lowest BCUT2D eigenvalue weighted by Gasteiger charge is -2.31. The first-order valence-corrected chi connectivity index (χ1v) is 5.99. The molecule has 1 rings (SSSR count). The summed E-state index contributed by atoms with van der Waals surface area (Å²) in [5.41, 5.74) is 1.90. The molecule has 1 amide bonds. The Morgan fingerprint density at radius 3 is 2.18 bits per heavy atom. The Hall–Kier alpha value is -1.57. The molecule has 0 bridgehead atoms. The molecule has 0 saturated heterocycles. The van der Waals surface area contributed by atoms with E-state index in [9.17, 15) is 4.79 Å². The van der Waals surface area contributed by atoms with Gasteiger partial charge in [0.1, 0.15) is 0 Å². The second-order valence-electron chi connectivity index (χ2n) is 4.65. The fraction of sp³-hybridized carbons (Fsp3) is 0.400. The standard InChI is InChI=1S/C15H21NO/c1-6-13(5)16(11(2)3)15(17)14-9-7-12(4)8-10-14/h6-11,13H,1H2,2-5H3. The predicted octanol–water partition coefficient (Wildman–Crippen LogP) is 3.42. The minimum atomic E-state index is 0.0452. The Labute approximate surface area is 104 Å². The highest BCUT2D eigenvalue weighted by Gasteiger charge is 2.22. The second kappa shape index (κ2) is 5.67. The van der Waals surface area contributed by atoms with Gasteiger partial charge in [-0.1, -0.05) is 23.8 Å². The number of carbonyl (C=O) groups is 1. The molecule has 1 aromatic carbocycles. The van der Waals surface area contributed by atoms with Crippen molar-refractivity contribution in [2.24, 2.45) is 0 Å². The molecule has 0 heterocycles. The summed E-state index contributed by atoms with van der Waals surface area (Å²) in [7, 11) is 0. The van der Waals surface area contributed by atoms with Crippen molar-refractivity contribution >= 4 is 5.91 Å².